The second-order valence-electron chi connectivity index (χ2n) is 6.22. The zero-order valence-corrected chi connectivity index (χ0v) is 11.8. The zero-order valence-electron chi connectivity index (χ0n) is 11.8. The molecule has 2 unspecified atom stereocenters. The number of amides is 1. The molecule has 6 nitrogen and oxygen atoms in total. The van der Waals surface area contributed by atoms with E-state index in [9.17, 15) is 14.7 Å². The molecule has 1 N–H and O–H groups in total. The maximum absolute atomic E-state index is 12.2. The summed E-state index contributed by atoms with van der Waals surface area (Å²) in [6.45, 7) is 5.30. The first-order valence-corrected chi connectivity index (χ1v) is 6.52. The first-order valence-electron chi connectivity index (χ1n) is 6.52. The average molecular weight is 271 g/mol. The van der Waals surface area contributed by atoms with E-state index in [0.29, 0.717) is 12.8 Å². The van der Waals surface area contributed by atoms with Crippen LogP contribution < -0.4 is 0 Å². The molecule has 2 bridgehead atoms. The van der Waals surface area contributed by atoms with E-state index in [1.54, 1.807) is 20.8 Å². The molecule has 2 rings (SSSR count). The summed E-state index contributed by atoms with van der Waals surface area (Å²) in [7, 11) is 1.30. The van der Waals surface area contributed by atoms with Gasteiger partial charge in [0.05, 0.1) is 19.3 Å². The average Bonchev–Trinajstić information content (AvgIpc) is 2.81. The van der Waals surface area contributed by atoms with Crippen LogP contribution >= 0.6 is 0 Å². The number of aliphatic hydroxyl groups excluding tert-OH is 1. The van der Waals surface area contributed by atoms with Crippen molar-refractivity contribution < 1.29 is 24.2 Å². The fraction of sp³-hybridized carbons (Fsp3) is 0.846. The van der Waals surface area contributed by atoms with Gasteiger partial charge in [-0.05, 0) is 39.5 Å². The second kappa shape index (κ2) is 4.67. The minimum absolute atomic E-state index is 0.0417. The van der Waals surface area contributed by atoms with Gasteiger partial charge >= 0.3 is 12.1 Å². The molecule has 1 heterocycles. The Morgan fingerprint density at radius 1 is 1.26 bits per heavy atom. The molecule has 1 saturated heterocycles. The van der Waals surface area contributed by atoms with Crippen LogP contribution in [-0.4, -0.2) is 53.0 Å². The van der Waals surface area contributed by atoms with Gasteiger partial charge in [-0.2, -0.15) is 0 Å². The van der Waals surface area contributed by atoms with Gasteiger partial charge in [0, 0.05) is 0 Å². The molecule has 2 fully saturated rings. The van der Waals surface area contributed by atoms with Crippen molar-refractivity contribution in [1.29, 1.82) is 0 Å². The number of rotatable bonds is 1. The van der Waals surface area contributed by atoms with Crippen molar-refractivity contribution in [3.63, 3.8) is 0 Å². The Hall–Kier alpha value is -1.30. The molecule has 4 atom stereocenters. The van der Waals surface area contributed by atoms with E-state index < -0.39 is 29.8 Å². The zero-order chi connectivity index (χ0) is 14.4. The van der Waals surface area contributed by atoms with E-state index in [0.717, 1.165) is 0 Å². The number of methoxy groups -OCH3 is 1. The summed E-state index contributed by atoms with van der Waals surface area (Å²) in [6.07, 6.45) is 0.0109. The number of aliphatic hydroxyl groups is 1. The summed E-state index contributed by atoms with van der Waals surface area (Å²) >= 11 is 0. The predicted molar refractivity (Wildman–Crippen MR) is 66.4 cm³/mol. The third kappa shape index (κ3) is 2.54. The van der Waals surface area contributed by atoms with Crippen molar-refractivity contribution in [1.82, 2.24) is 4.90 Å². The number of esters is 1. The molecule has 2 aliphatic rings. The molecule has 1 amide bonds. The van der Waals surface area contributed by atoms with Gasteiger partial charge in [-0.1, -0.05) is 0 Å². The fourth-order valence-electron chi connectivity index (χ4n) is 3.01. The largest absolute Gasteiger partial charge is 0.467 e. The van der Waals surface area contributed by atoms with Crippen LogP contribution in [-0.2, 0) is 14.3 Å². The lowest BCUT2D eigenvalue weighted by atomic mass is 9.98. The van der Waals surface area contributed by atoms with E-state index in [1.165, 1.54) is 12.0 Å². The third-order valence-corrected chi connectivity index (χ3v) is 3.68. The maximum atomic E-state index is 12.2. The smallest absolute Gasteiger partial charge is 0.411 e. The molecule has 1 aliphatic carbocycles. The predicted octanol–water partition coefficient (Wildman–Crippen LogP) is 0.918. The quantitative estimate of drug-likeness (QED) is 0.718. The Kier molecular flexibility index (Phi) is 3.47. The van der Waals surface area contributed by atoms with Crippen molar-refractivity contribution in [3.8, 4) is 0 Å². The van der Waals surface area contributed by atoms with Crippen molar-refractivity contribution in [2.24, 2.45) is 5.92 Å². The van der Waals surface area contributed by atoms with Gasteiger partial charge in [0.15, 0.2) is 0 Å². The Balaban J connectivity index is 2.20. The van der Waals surface area contributed by atoms with Crippen LogP contribution in [0.1, 0.15) is 33.6 Å². The second-order valence-corrected chi connectivity index (χ2v) is 6.22. The molecule has 0 aromatic carbocycles. The monoisotopic (exact) mass is 271 g/mol. The number of carbonyl (C=O) groups excluding carboxylic acids is 2. The molecule has 1 aliphatic heterocycles. The summed E-state index contributed by atoms with van der Waals surface area (Å²) in [4.78, 5) is 25.4. The van der Waals surface area contributed by atoms with Crippen molar-refractivity contribution >= 4 is 12.1 Å². The summed E-state index contributed by atoms with van der Waals surface area (Å²) in [5.41, 5.74) is -0.634. The highest BCUT2D eigenvalue weighted by Gasteiger charge is 2.56. The highest BCUT2D eigenvalue weighted by molar-refractivity contribution is 5.83. The van der Waals surface area contributed by atoms with Crippen LogP contribution in [0.3, 0.4) is 0 Å². The van der Waals surface area contributed by atoms with Crippen LogP contribution in [0, 0.1) is 5.92 Å². The molecule has 6 heteroatoms. The Labute approximate surface area is 112 Å². The molecule has 108 valence electrons. The summed E-state index contributed by atoms with van der Waals surface area (Å²) in [6, 6.07) is -0.975. The van der Waals surface area contributed by atoms with E-state index >= 15 is 0 Å². The SMILES string of the molecule is COC(=O)[C@@H]1C2CC([C@H](O)C2)N1C(=O)OC(C)(C)C. The molecular weight excluding hydrogens is 250 g/mol. The molecule has 0 aromatic rings. The van der Waals surface area contributed by atoms with Crippen molar-refractivity contribution in [2.75, 3.05) is 7.11 Å². The summed E-state index contributed by atoms with van der Waals surface area (Å²) in [5.74, 6) is -0.481. The Bertz CT molecular complexity index is 389. The van der Waals surface area contributed by atoms with Crippen LogP contribution in [0.5, 0.6) is 0 Å². The van der Waals surface area contributed by atoms with Crippen molar-refractivity contribution in [2.45, 2.75) is 57.4 Å². The Morgan fingerprint density at radius 2 is 1.89 bits per heavy atom. The van der Waals surface area contributed by atoms with E-state index in [-0.39, 0.29) is 12.0 Å². The normalized spacial score (nSPS) is 33.4. The first kappa shape index (κ1) is 14.1. The van der Waals surface area contributed by atoms with Crippen LogP contribution in [0.15, 0.2) is 0 Å². The number of fused-ring (bicyclic) bond motifs is 2. The summed E-state index contributed by atoms with van der Waals surface area (Å²) < 4.78 is 10.1. The minimum Gasteiger partial charge on any atom is -0.467 e. The summed E-state index contributed by atoms with van der Waals surface area (Å²) in [5, 5.41) is 9.91. The fourth-order valence-corrected chi connectivity index (χ4v) is 3.01. The van der Waals surface area contributed by atoms with Crippen LogP contribution in [0.2, 0.25) is 0 Å². The van der Waals surface area contributed by atoms with Crippen LogP contribution in [0.4, 0.5) is 4.79 Å². The van der Waals surface area contributed by atoms with E-state index in [4.69, 9.17) is 9.47 Å². The van der Waals surface area contributed by atoms with Gasteiger partial charge < -0.3 is 14.6 Å². The standard InChI is InChI=1S/C13H21NO5/c1-13(2,3)19-12(17)14-8-5-7(6-9(8)15)10(14)11(16)18-4/h7-10,15H,5-6H2,1-4H3/t7?,8?,9-,10+/m1/s1. The lowest BCUT2D eigenvalue weighted by Gasteiger charge is -2.36. The van der Waals surface area contributed by atoms with Gasteiger partial charge in [0.25, 0.3) is 0 Å². The number of piperidine rings is 1. The number of likely N-dealkylation sites (tertiary alicyclic amines) is 1. The number of hydrogen-bond acceptors (Lipinski definition) is 5. The van der Waals surface area contributed by atoms with E-state index in [2.05, 4.69) is 0 Å². The van der Waals surface area contributed by atoms with Crippen LogP contribution in [0.25, 0.3) is 0 Å². The topological polar surface area (TPSA) is 76.1 Å². The third-order valence-electron chi connectivity index (χ3n) is 3.68. The number of hydrogen-bond donors (Lipinski definition) is 1. The van der Waals surface area contributed by atoms with Gasteiger partial charge in [-0.3, -0.25) is 4.90 Å². The van der Waals surface area contributed by atoms with E-state index in [1.807, 2.05) is 0 Å². The number of ether oxygens (including phenoxy) is 2. The van der Waals surface area contributed by atoms with Gasteiger partial charge in [0.2, 0.25) is 0 Å². The molecule has 0 aromatic heterocycles. The first-order chi connectivity index (χ1) is 8.74. The van der Waals surface area contributed by atoms with Crippen molar-refractivity contribution in [3.05, 3.63) is 0 Å². The van der Waals surface area contributed by atoms with Gasteiger partial charge in [0.1, 0.15) is 11.6 Å². The molecular formula is C13H21NO5. The number of carbonyl (C=O) groups is 2. The van der Waals surface area contributed by atoms with Gasteiger partial charge in [-0.25, -0.2) is 9.59 Å². The molecule has 0 radical (unpaired) electrons. The van der Waals surface area contributed by atoms with Gasteiger partial charge in [-0.15, -0.1) is 0 Å². The molecule has 19 heavy (non-hydrogen) atoms. The number of nitrogens with zero attached hydrogens (tertiary/aromatic N) is 1. The maximum Gasteiger partial charge on any atom is 0.411 e. The minimum atomic E-state index is -0.634. The molecule has 0 spiro atoms. The highest BCUT2D eigenvalue weighted by atomic mass is 16.6. The Morgan fingerprint density at radius 3 is 2.42 bits per heavy atom. The lowest BCUT2D eigenvalue weighted by molar-refractivity contribution is -0.149. The lowest BCUT2D eigenvalue weighted by Crippen LogP contribution is -2.55. The molecule has 1 saturated carbocycles. The highest BCUT2D eigenvalue weighted by Crippen LogP contribution is 2.43.